The Hall–Kier alpha value is -3.11. The standard InChI is InChI=1S/C22H23FN4O4S/c1-12(2)26-9-15(11-31-3)27-10-16(19(28)20(29)18(27)22(26)30)21-25-24-17(32-21)8-13-4-6-14(23)7-5-13/h4-7,10,12,15,29H,8-9,11H2,1-3H3/t15-/m1/s1. The van der Waals surface area contributed by atoms with Crippen LogP contribution in [-0.4, -0.2) is 57.0 Å². The van der Waals surface area contributed by atoms with Gasteiger partial charge in [-0.15, -0.1) is 10.2 Å². The first-order valence-electron chi connectivity index (χ1n) is 10.1. The van der Waals surface area contributed by atoms with Gasteiger partial charge in [0, 0.05) is 32.3 Å². The van der Waals surface area contributed by atoms with Crippen LogP contribution in [0.1, 0.15) is 40.9 Å². The summed E-state index contributed by atoms with van der Waals surface area (Å²) in [5, 5.41) is 20.0. The first-order chi connectivity index (χ1) is 15.3. The zero-order valence-corrected chi connectivity index (χ0v) is 18.7. The number of halogens is 1. The Bertz CT molecular complexity index is 1210. The van der Waals surface area contributed by atoms with Gasteiger partial charge in [-0.3, -0.25) is 9.59 Å². The summed E-state index contributed by atoms with van der Waals surface area (Å²) in [5.74, 6) is -1.32. The van der Waals surface area contributed by atoms with E-state index in [1.54, 1.807) is 34.9 Å². The highest BCUT2D eigenvalue weighted by Crippen LogP contribution is 2.31. The minimum atomic E-state index is -0.671. The van der Waals surface area contributed by atoms with Crippen molar-refractivity contribution in [3.8, 4) is 16.3 Å². The predicted molar refractivity (Wildman–Crippen MR) is 118 cm³/mol. The zero-order chi connectivity index (χ0) is 23.0. The summed E-state index contributed by atoms with van der Waals surface area (Å²) in [5.41, 5.74) is 0.312. The lowest BCUT2D eigenvalue weighted by Gasteiger charge is -2.38. The quantitative estimate of drug-likeness (QED) is 0.610. The molecular formula is C22H23FN4O4S. The molecule has 0 saturated heterocycles. The number of hydrogen-bond acceptors (Lipinski definition) is 7. The number of ether oxygens (including phenoxy) is 1. The van der Waals surface area contributed by atoms with E-state index in [0.717, 1.165) is 5.56 Å². The maximum atomic E-state index is 13.1. The van der Waals surface area contributed by atoms with Crippen molar-refractivity contribution >= 4 is 17.2 Å². The SMILES string of the molecule is COC[C@H]1CN(C(C)C)C(=O)c2c(O)c(=O)c(-c3nnc(Cc4ccc(F)cc4)s3)cn21. The summed E-state index contributed by atoms with van der Waals surface area (Å²) in [4.78, 5) is 27.6. The molecule has 1 amide bonds. The van der Waals surface area contributed by atoms with Crippen LogP contribution in [0.5, 0.6) is 5.75 Å². The van der Waals surface area contributed by atoms with E-state index in [1.165, 1.54) is 23.5 Å². The van der Waals surface area contributed by atoms with Crippen LogP contribution in [0.2, 0.25) is 0 Å². The van der Waals surface area contributed by atoms with Crippen LogP contribution in [0.4, 0.5) is 4.39 Å². The number of benzene rings is 1. The number of aromatic nitrogens is 3. The molecule has 3 aromatic rings. The summed E-state index contributed by atoms with van der Waals surface area (Å²) < 4.78 is 20.1. The second-order valence-corrected chi connectivity index (χ2v) is 9.00. The molecule has 1 aliphatic heterocycles. The van der Waals surface area contributed by atoms with Crippen molar-refractivity contribution in [1.29, 1.82) is 0 Å². The lowest BCUT2D eigenvalue weighted by Crippen LogP contribution is -2.48. The summed E-state index contributed by atoms with van der Waals surface area (Å²) in [6.45, 7) is 4.46. The predicted octanol–water partition coefficient (Wildman–Crippen LogP) is 2.85. The molecule has 0 aliphatic carbocycles. The molecule has 3 heterocycles. The molecule has 168 valence electrons. The van der Waals surface area contributed by atoms with Crippen molar-refractivity contribution in [2.24, 2.45) is 0 Å². The molecule has 8 nitrogen and oxygen atoms in total. The van der Waals surface area contributed by atoms with Gasteiger partial charge in [0.2, 0.25) is 5.43 Å². The molecule has 1 atom stereocenters. The topological polar surface area (TPSA) is 97.6 Å². The minimum Gasteiger partial charge on any atom is -0.503 e. The summed E-state index contributed by atoms with van der Waals surface area (Å²) in [7, 11) is 1.56. The molecule has 2 aromatic heterocycles. The number of hydrogen-bond donors (Lipinski definition) is 1. The number of aromatic hydroxyl groups is 1. The monoisotopic (exact) mass is 458 g/mol. The summed E-state index contributed by atoms with van der Waals surface area (Å²) in [6.07, 6.45) is 1.99. The van der Waals surface area contributed by atoms with E-state index in [-0.39, 0.29) is 29.2 Å². The van der Waals surface area contributed by atoms with E-state index in [2.05, 4.69) is 10.2 Å². The van der Waals surface area contributed by atoms with E-state index >= 15 is 0 Å². The smallest absolute Gasteiger partial charge is 0.274 e. The molecule has 1 aromatic carbocycles. The van der Waals surface area contributed by atoms with Gasteiger partial charge in [0.05, 0.1) is 18.2 Å². The maximum absolute atomic E-state index is 13.1. The van der Waals surface area contributed by atoms with Crippen molar-refractivity contribution in [3.05, 3.63) is 62.8 Å². The number of carbonyl (C=O) groups is 1. The molecule has 0 radical (unpaired) electrons. The van der Waals surface area contributed by atoms with Gasteiger partial charge in [0.15, 0.2) is 16.5 Å². The highest BCUT2D eigenvalue weighted by molar-refractivity contribution is 7.14. The number of rotatable bonds is 6. The van der Waals surface area contributed by atoms with Gasteiger partial charge >= 0.3 is 0 Å². The first-order valence-corrected chi connectivity index (χ1v) is 11.0. The van der Waals surface area contributed by atoms with Gasteiger partial charge in [-0.1, -0.05) is 23.5 Å². The Balaban J connectivity index is 1.74. The Labute approximate surface area is 187 Å². The molecular weight excluding hydrogens is 435 g/mol. The van der Waals surface area contributed by atoms with Gasteiger partial charge in [0.1, 0.15) is 10.8 Å². The van der Waals surface area contributed by atoms with Crippen molar-refractivity contribution < 1.29 is 19.0 Å². The number of amides is 1. The van der Waals surface area contributed by atoms with Crippen LogP contribution in [0.25, 0.3) is 10.6 Å². The number of carbonyl (C=O) groups excluding carboxylic acids is 1. The largest absolute Gasteiger partial charge is 0.503 e. The Kier molecular flexibility index (Phi) is 6.07. The van der Waals surface area contributed by atoms with Crippen molar-refractivity contribution in [1.82, 2.24) is 19.7 Å². The normalized spacial score (nSPS) is 16.0. The number of pyridine rings is 1. The average Bonchev–Trinajstić information content (AvgIpc) is 3.21. The van der Waals surface area contributed by atoms with Gasteiger partial charge in [-0.25, -0.2) is 4.39 Å². The van der Waals surface area contributed by atoms with Gasteiger partial charge in [0.25, 0.3) is 5.91 Å². The third-order valence-corrected chi connectivity index (χ3v) is 6.38. The number of nitrogens with zero attached hydrogens (tertiary/aromatic N) is 4. The summed E-state index contributed by atoms with van der Waals surface area (Å²) in [6, 6.07) is 5.71. The van der Waals surface area contributed by atoms with E-state index in [4.69, 9.17) is 4.74 Å². The maximum Gasteiger partial charge on any atom is 0.274 e. The van der Waals surface area contributed by atoms with E-state index in [0.29, 0.717) is 29.6 Å². The first kappa shape index (κ1) is 22.1. The van der Waals surface area contributed by atoms with Crippen molar-refractivity contribution in [3.63, 3.8) is 0 Å². The molecule has 32 heavy (non-hydrogen) atoms. The van der Waals surface area contributed by atoms with Crippen LogP contribution in [0.15, 0.2) is 35.3 Å². The molecule has 0 unspecified atom stereocenters. The third-order valence-electron chi connectivity index (χ3n) is 5.42. The van der Waals surface area contributed by atoms with Crippen LogP contribution in [-0.2, 0) is 11.2 Å². The lowest BCUT2D eigenvalue weighted by atomic mass is 10.1. The Morgan fingerprint density at radius 2 is 1.97 bits per heavy atom. The van der Waals surface area contributed by atoms with Crippen LogP contribution < -0.4 is 5.43 Å². The molecule has 0 fully saturated rings. The molecule has 0 bridgehead atoms. The second kappa shape index (κ2) is 8.79. The van der Waals surface area contributed by atoms with Gasteiger partial charge in [-0.05, 0) is 31.5 Å². The molecule has 4 rings (SSSR count). The number of methoxy groups -OCH3 is 1. The third kappa shape index (κ3) is 4.03. The fourth-order valence-electron chi connectivity index (χ4n) is 3.79. The second-order valence-electron chi connectivity index (χ2n) is 7.94. The molecule has 10 heteroatoms. The highest BCUT2D eigenvalue weighted by Gasteiger charge is 2.36. The molecule has 1 N–H and O–H groups in total. The Morgan fingerprint density at radius 1 is 1.25 bits per heavy atom. The average molecular weight is 459 g/mol. The number of fused-ring (bicyclic) bond motifs is 1. The Morgan fingerprint density at radius 3 is 2.62 bits per heavy atom. The van der Waals surface area contributed by atoms with E-state index < -0.39 is 17.1 Å². The fourth-order valence-corrected chi connectivity index (χ4v) is 4.67. The zero-order valence-electron chi connectivity index (χ0n) is 17.9. The van der Waals surface area contributed by atoms with Crippen molar-refractivity contribution in [2.75, 3.05) is 20.3 Å². The highest BCUT2D eigenvalue weighted by atomic mass is 32.1. The van der Waals surface area contributed by atoms with Gasteiger partial charge in [-0.2, -0.15) is 0 Å². The van der Waals surface area contributed by atoms with Gasteiger partial charge < -0.3 is 19.3 Å². The van der Waals surface area contributed by atoms with E-state index in [1.807, 2.05) is 13.8 Å². The molecule has 0 spiro atoms. The van der Waals surface area contributed by atoms with E-state index in [9.17, 15) is 19.1 Å². The van der Waals surface area contributed by atoms with Crippen LogP contribution in [0, 0.1) is 5.82 Å². The van der Waals surface area contributed by atoms with Crippen LogP contribution in [0.3, 0.4) is 0 Å². The lowest BCUT2D eigenvalue weighted by molar-refractivity contribution is 0.0511. The minimum absolute atomic E-state index is 0.0446. The van der Waals surface area contributed by atoms with Crippen LogP contribution >= 0.6 is 11.3 Å². The van der Waals surface area contributed by atoms with Crippen molar-refractivity contribution in [2.45, 2.75) is 32.4 Å². The summed E-state index contributed by atoms with van der Waals surface area (Å²) >= 11 is 1.21. The molecule has 1 aliphatic rings. The fraction of sp³-hybridized carbons (Fsp3) is 0.364. The molecule has 0 saturated carbocycles.